The summed E-state index contributed by atoms with van der Waals surface area (Å²) in [6.45, 7) is 3.93. The Hall–Kier alpha value is -2.68. The third-order valence-electron chi connectivity index (χ3n) is 4.61. The fraction of sp³-hybridized carbons (Fsp3) is 0.273. The van der Waals surface area contributed by atoms with Crippen molar-refractivity contribution in [1.29, 1.82) is 0 Å². The largest absolute Gasteiger partial charge is 0.345 e. The standard InChI is InChI=1S/C22H23NO2/c1-22(2)14-20(24)19(21(25)15-22)13-16-9-11-18(12-10-16)23(3)17-7-5-4-6-8-17/h4-13H,14-15H2,1-3H3. The molecule has 0 amide bonds. The van der Waals surface area contributed by atoms with Crippen LogP contribution in [0.5, 0.6) is 0 Å². The molecule has 0 radical (unpaired) electrons. The first-order valence-corrected chi connectivity index (χ1v) is 8.53. The fourth-order valence-electron chi connectivity index (χ4n) is 3.20. The molecule has 0 aromatic heterocycles. The van der Waals surface area contributed by atoms with Crippen molar-refractivity contribution in [2.24, 2.45) is 5.41 Å². The van der Waals surface area contributed by atoms with Gasteiger partial charge in [0.2, 0.25) is 0 Å². The Morgan fingerprint density at radius 3 is 1.92 bits per heavy atom. The lowest BCUT2D eigenvalue weighted by Gasteiger charge is -2.28. The van der Waals surface area contributed by atoms with Crippen LogP contribution in [-0.2, 0) is 9.59 Å². The van der Waals surface area contributed by atoms with E-state index in [0.29, 0.717) is 18.4 Å². The topological polar surface area (TPSA) is 37.4 Å². The molecule has 1 aliphatic carbocycles. The predicted molar refractivity (Wildman–Crippen MR) is 102 cm³/mol. The summed E-state index contributed by atoms with van der Waals surface area (Å²) < 4.78 is 0. The molecule has 0 aliphatic heterocycles. The van der Waals surface area contributed by atoms with Crippen LogP contribution >= 0.6 is 0 Å². The molecule has 1 saturated carbocycles. The van der Waals surface area contributed by atoms with Crippen LogP contribution in [0.15, 0.2) is 60.2 Å². The summed E-state index contributed by atoms with van der Waals surface area (Å²) in [5.41, 5.74) is 3.14. The quantitative estimate of drug-likeness (QED) is 0.598. The highest BCUT2D eigenvalue weighted by Crippen LogP contribution is 2.34. The minimum Gasteiger partial charge on any atom is -0.345 e. The summed E-state index contributed by atoms with van der Waals surface area (Å²) in [5, 5.41) is 0. The monoisotopic (exact) mass is 333 g/mol. The number of hydrogen-bond donors (Lipinski definition) is 0. The molecule has 1 aliphatic rings. The van der Waals surface area contributed by atoms with Crippen LogP contribution in [0.2, 0.25) is 0 Å². The second kappa shape index (κ2) is 6.67. The maximum Gasteiger partial charge on any atom is 0.167 e. The molecule has 128 valence electrons. The molecule has 1 fully saturated rings. The highest BCUT2D eigenvalue weighted by molar-refractivity contribution is 6.25. The minimum atomic E-state index is -0.228. The lowest BCUT2D eigenvalue weighted by Crippen LogP contribution is -2.31. The van der Waals surface area contributed by atoms with Crippen molar-refractivity contribution in [3.63, 3.8) is 0 Å². The molecule has 0 N–H and O–H groups in total. The third kappa shape index (κ3) is 3.87. The Morgan fingerprint density at radius 1 is 0.840 bits per heavy atom. The van der Waals surface area contributed by atoms with E-state index in [9.17, 15) is 9.59 Å². The fourth-order valence-corrected chi connectivity index (χ4v) is 3.20. The summed E-state index contributed by atoms with van der Waals surface area (Å²) in [6, 6.07) is 18.0. The zero-order valence-corrected chi connectivity index (χ0v) is 15.0. The number of anilines is 2. The molecule has 0 unspecified atom stereocenters. The summed E-state index contributed by atoms with van der Waals surface area (Å²) in [4.78, 5) is 26.7. The van der Waals surface area contributed by atoms with Gasteiger partial charge in [-0.2, -0.15) is 0 Å². The maximum atomic E-state index is 12.3. The molecular weight excluding hydrogens is 310 g/mol. The van der Waals surface area contributed by atoms with E-state index >= 15 is 0 Å². The molecule has 0 atom stereocenters. The first kappa shape index (κ1) is 17.2. The maximum absolute atomic E-state index is 12.3. The van der Waals surface area contributed by atoms with Crippen molar-refractivity contribution in [3.05, 3.63) is 65.7 Å². The lowest BCUT2D eigenvalue weighted by atomic mass is 9.74. The summed E-state index contributed by atoms with van der Waals surface area (Å²) >= 11 is 0. The van der Waals surface area contributed by atoms with Gasteiger partial charge in [0.25, 0.3) is 0 Å². The highest BCUT2D eigenvalue weighted by Gasteiger charge is 2.35. The van der Waals surface area contributed by atoms with Crippen molar-refractivity contribution in [3.8, 4) is 0 Å². The number of allylic oxidation sites excluding steroid dienone is 1. The number of Topliss-reactive ketones (excluding diaryl/α,β-unsaturated/α-hetero) is 2. The van der Waals surface area contributed by atoms with E-state index in [1.54, 1.807) is 6.08 Å². The molecule has 0 saturated heterocycles. The smallest absolute Gasteiger partial charge is 0.167 e. The summed E-state index contributed by atoms with van der Waals surface area (Å²) in [7, 11) is 2.01. The molecule has 2 aromatic carbocycles. The van der Waals surface area contributed by atoms with Crippen molar-refractivity contribution in [1.82, 2.24) is 0 Å². The molecular formula is C22H23NO2. The van der Waals surface area contributed by atoms with Crippen LogP contribution in [-0.4, -0.2) is 18.6 Å². The van der Waals surface area contributed by atoms with E-state index in [0.717, 1.165) is 16.9 Å². The average Bonchev–Trinajstić information content (AvgIpc) is 2.58. The van der Waals surface area contributed by atoms with E-state index in [-0.39, 0.29) is 17.0 Å². The number of carbonyl (C=O) groups is 2. The van der Waals surface area contributed by atoms with Gasteiger partial charge >= 0.3 is 0 Å². The number of hydrogen-bond acceptors (Lipinski definition) is 3. The summed E-state index contributed by atoms with van der Waals surface area (Å²) in [5.74, 6) is -0.0986. The van der Waals surface area contributed by atoms with E-state index in [2.05, 4.69) is 17.0 Å². The minimum absolute atomic E-state index is 0.0493. The molecule has 25 heavy (non-hydrogen) atoms. The van der Waals surface area contributed by atoms with Gasteiger partial charge in [-0.1, -0.05) is 44.2 Å². The van der Waals surface area contributed by atoms with Gasteiger partial charge in [0.05, 0.1) is 5.57 Å². The molecule has 0 heterocycles. The van der Waals surface area contributed by atoms with Crippen LogP contribution in [0.3, 0.4) is 0 Å². The van der Waals surface area contributed by atoms with Gasteiger partial charge in [-0.05, 0) is 41.3 Å². The van der Waals surface area contributed by atoms with Crippen molar-refractivity contribution in [2.75, 3.05) is 11.9 Å². The van der Waals surface area contributed by atoms with Crippen LogP contribution in [0, 0.1) is 5.41 Å². The molecule has 3 heteroatoms. The zero-order valence-electron chi connectivity index (χ0n) is 15.0. The van der Waals surface area contributed by atoms with Gasteiger partial charge in [-0.25, -0.2) is 0 Å². The van der Waals surface area contributed by atoms with Gasteiger partial charge in [0.1, 0.15) is 0 Å². The third-order valence-corrected chi connectivity index (χ3v) is 4.61. The predicted octanol–water partition coefficient (Wildman–Crippen LogP) is 4.80. The van der Waals surface area contributed by atoms with Gasteiger partial charge in [0, 0.05) is 31.3 Å². The van der Waals surface area contributed by atoms with E-state index < -0.39 is 0 Å². The van der Waals surface area contributed by atoms with E-state index in [4.69, 9.17) is 0 Å². The lowest BCUT2D eigenvalue weighted by molar-refractivity contribution is -0.127. The first-order valence-electron chi connectivity index (χ1n) is 8.53. The van der Waals surface area contributed by atoms with Gasteiger partial charge < -0.3 is 4.90 Å². The Kier molecular flexibility index (Phi) is 4.58. The molecule has 0 bridgehead atoms. The Balaban J connectivity index is 1.81. The van der Waals surface area contributed by atoms with Gasteiger partial charge in [-0.15, -0.1) is 0 Å². The summed E-state index contributed by atoms with van der Waals surface area (Å²) in [6.07, 6.45) is 2.59. The van der Waals surface area contributed by atoms with Crippen LogP contribution < -0.4 is 4.90 Å². The van der Waals surface area contributed by atoms with E-state index in [1.807, 2.05) is 63.4 Å². The normalized spacial score (nSPS) is 16.7. The second-order valence-corrected chi connectivity index (χ2v) is 7.41. The number of ketones is 2. The van der Waals surface area contributed by atoms with Crippen molar-refractivity contribution in [2.45, 2.75) is 26.7 Å². The van der Waals surface area contributed by atoms with Crippen LogP contribution in [0.25, 0.3) is 6.08 Å². The molecule has 3 rings (SSSR count). The SMILES string of the molecule is CN(c1ccccc1)c1ccc(C=C2C(=O)CC(C)(C)CC2=O)cc1. The first-order chi connectivity index (χ1) is 11.9. The zero-order chi connectivity index (χ0) is 18.0. The molecule has 3 nitrogen and oxygen atoms in total. The van der Waals surface area contributed by atoms with Crippen molar-refractivity contribution < 1.29 is 9.59 Å². The van der Waals surface area contributed by atoms with Gasteiger partial charge in [-0.3, -0.25) is 9.59 Å². The molecule has 2 aromatic rings. The molecule has 0 spiro atoms. The highest BCUT2D eigenvalue weighted by atomic mass is 16.1. The Labute approximate surface area is 149 Å². The van der Waals surface area contributed by atoms with Crippen LogP contribution in [0.4, 0.5) is 11.4 Å². The number of nitrogens with zero attached hydrogens (tertiary/aromatic N) is 1. The average molecular weight is 333 g/mol. The number of para-hydroxylation sites is 1. The number of carbonyl (C=O) groups excluding carboxylic acids is 2. The van der Waals surface area contributed by atoms with E-state index in [1.165, 1.54) is 0 Å². The van der Waals surface area contributed by atoms with Crippen molar-refractivity contribution >= 4 is 29.0 Å². The Morgan fingerprint density at radius 2 is 1.36 bits per heavy atom. The number of rotatable bonds is 3. The van der Waals surface area contributed by atoms with Crippen LogP contribution in [0.1, 0.15) is 32.3 Å². The second-order valence-electron chi connectivity index (χ2n) is 7.41. The van der Waals surface area contributed by atoms with Gasteiger partial charge in [0.15, 0.2) is 11.6 Å². The Bertz CT molecular complexity index is 795. The number of benzene rings is 2.